The van der Waals surface area contributed by atoms with E-state index < -0.39 is 0 Å². The Bertz CT molecular complexity index is 546. The first-order chi connectivity index (χ1) is 21.0. The van der Waals surface area contributed by atoms with Gasteiger partial charge in [-0.15, -0.1) is 0 Å². The van der Waals surface area contributed by atoms with Gasteiger partial charge in [-0.25, -0.2) is 0 Å². The van der Waals surface area contributed by atoms with Crippen LogP contribution in [0.15, 0.2) is 0 Å². The van der Waals surface area contributed by atoms with Crippen molar-refractivity contribution in [2.45, 2.75) is 219 Å². The van der Waals surface area contributed by atoms with E-state index in [2.05, 4.69) is 13.8 Å². The molecule has 0 fully saturated rings. The van der Waals surface area contributed by atoms with E-state index in [-0.39, 0.29) is 30.9 Å². The molecule has 0 heterocycles. The van der Waals surface area contributed by atoms with Crippen LogP contribution in [-0.2, 0) is 19.1 Å². The number of ether oxygens (including phenoxy) is 2. The van der Waals surface area contributed by atoms with Gasteiger partial charge in [-0.05, 0) is 38.5 Å². The second-order valence-electron chi connectivity index (χ2n) is 12.9. The molecule has 2 unspecified atom stereocenters. The first kappa shape index (κ1) is 41.9. The predicted octanol–water partition coefficient (Wildman–Crippen LogP) is 10.5. The molecule has 0 aromatic carbocycles. The minimum absolute atomic E-state index is 0.113. The maximum Gasteiger partial charge on any atom is 0.308 e. The summed E-state index contributed by atoms with van der Waals surface area (Å²) >= 11 is 0. The summed E-state index contributed by atoms with van der Waals surface area (Å²) in [5.74, 6) is -0.579. The van der Waals surface area contributed by atoms with Crippen LogP contribution in [-0.4, -0.2) is 41.2 Å². The molecule has 0 spiro atoms. The summed E-state index contributed by atoms with van der Waals surface area (Å²) in [5, 5.41) is 20.1. The number of esters is 2. The molecule has 0 bridgehead atoms. The number of aliphatic hydroxyl groups excluding tert-OH is 2. The number of carbonyl (C=O) groups excluding carboxylic acids is 2. The second kappa shape index (κ2) is 33.7. The molecule has 0 saturated heterocycles. The number of carbonyl (C=O) groups is 2. The monoisotopic (exact) mass is 613 g/mol. The number of hydrogen-bond acceptors (Lipinski definition) is 6. The lowest BCUT2D eigenvalue weighted by Gasteiger charge is -2.10. The summed E-state index contributed by atoms with van der Waals surface area (Å²) in [6.45, 7) is 4.16. The Kier molecular flexibility index (Phi) is 32.9. The Morgan fingerprint density at radius 3 is 0.977 bits per heavy atom. The van der Waals surface area contributed by atoms with Crippen LogP contribution < -0.4 is 0 Å². The summed E-state index contributed by atoms with van der Waals surface area (Å²) < 4.78 is 10.1. The standard InChI is InChI=1S/C37H72O6/c1-3-5-7-21-27-34(38)29-23-17-13-9-11-15-19-25-31-36(40)42-33-43-37(41)32-26-20-16-12-10-14-18-24-30-35(39)28-22-8-6-4-2/h34-35,38-39H,3-33H2,1-2H3. The molecule has 0 aliphatic carbocycles. The molecule has 0 aliphatic heterocycles. The summed E-state index contributed by atoms with van der Waals surface area (Å²) in [5.41, 5.74) is 0. The fraction of sp³-hybridized carbons (Fsp3) is 0.946. The van der Waals surface area contributed by atoms with Crippen molar-refractivity contribution in [3.63, 3.8) is 0 Å². The fourth-order valence-electron chi connectivity index (χ4n) is 5.63. The Morgan fingerprint density at radius 2 is 0.674 bits per heavy atom. The van der Waals surface area contributed by atoms with Gasteiger partial charge in [0.1, 0.15) is 0 Å². The Labute approximate surface area is 266 Å². The van der Waals surface area contributed by atoms with Gasteiger partial charge in [0.05, 0.1) is 12.2 Å². The smallest absolute Gasteiger partial charge is 0.308 e. The van der Waals surface area contributed by atoms with E-state index in [0.717, 1.165) is 89.9 Å². The van der Waals surface area contributed by atoms with E-state index in [9.17, 15) is 19.8 Å². The van der Waals surface area contributed by atoms with E-state index in [1.54, 1.807) is 0 Å². The SMILES string of the molecule is CCCCCCC(O)CCCCCCCCCCC(=O)OCOC(=O)CCCCCCCCCCC(O)CCCCCC. The first-order valence-electron chi connectivity index (χ1n) is 18.7. The third-order valence-corrected chi connectivity index (χ3v) is 8.56. The third kappa shape index (κ3) is 33.6. The lowest BCUT2D eigenvalue weighted by molar-refractivity contribution is -0.167. The topological polar surface area (TPSA) is 93.1 Å². The Hall–Kier alpha value is -1.14. The molecular weight excluding hydrogens is 540 g/mol. The molecule has 0 aromatic heterocycles. The molecule has 0 radical (unpaired) electrons. The average molecular weight is 613 g/mol. The maximum absolute atomic E-state index is 11.9. The minimum atomic E-state index is -0.289. The zero-order valence-corrected chi connectivity index (χ0v) is 28.6. The van der Waals surface area contributed by atoms with Gasteiger partial charge in [0.25, 0.3) is 0 Å². The minimum Gasteiger partial charge on any atom is -0.428 e. The van der Waals surface area contributed by atoms with Gasteiger partial charge in [-0.1, -0.05) is 155 Å². The summed E-state index contributed by atoms with van der Waals surface area (Å²) in [6, 6.07) is 0. The van der Waals surface area contributed by atoms with E-state index in [1.165, 1.54) is 89.9 Å². The van der Waals surface area contributed by atoms with Gasteiger partial charge in [0.15, 0.2) is 0 Å². The molecule has 0 rings (SSSR count). The summed E-state index contributed by atoms with van der Waals surface area (Å²) in [6.07, 6.45) is 32.0. The van der Waals surface area contributed by atoms with Crippen molar-refractivity contribution >= 4 is 11.9 Å². The molecule has 256 valence electrons. The number of aliphatic hydroxyl groups is 2. The van der Waals surface area contributed by atoms with Gasteiger partial charge in [0.2, 0.25) is 6.79 Å². The van der Waals surface area contributed by atoms with Gasteiger partial charge < -0.3 is 19.7 Å². The molecule has 6 heteroatoms. The van der Waals surface area contributed by atoms with Crippen LogP contribution in [0.1, 0.15) is 206 Å². The molecule has 2 N–H and O–H groups in total. The number of rotatable bonds is 34. The van der Waals surface area contributed by atoms with E-state index in [4.69, 9.17) is 9.47 Å². The zero-order valence-electron chi connectivity index (χ0n) is 28.6. The highest BCUT2D eigenvalue weighted by atomic mass is 16.7. The van der Waals surface area contributed by atoms with Crippen molar-refractivity contribution in [2.75, 3.05) is 6.79 Å². The van der Waals surface area contributed by atoms with Crippen LogP contribution in [0.3, 0.4) is 0 Å². The molecule has 0 saturated carbocycles. The van der Waals surface area contributed by atoms with E-state index in [1.807, 2.05) is 0 Å². The maximum atomic E-state index is 11.9. The average Bonchev–Trinajstić information content (AvgIpc) is 2.99. The molecule has 0 aliphatic rings. The van der Waals surface area contributed by atoms with Gasteiger partial charge >= 0.3 is 11.9 Å². The highest BCUT2D eigenvalue weighted by Gasteiger charge is 2.07. The Balaban J connectivity index is 3.36. The van der Waals surface area contributed by atoms with Gasteiger partial charge in [-0.3, -0.25) is 9.59 Å². The zero-order chi connectivity index (χ0) is 31.6. The largest absolute Gasteiger partial charge is 0.428 e. The summed E-state index contributed by atoms with van der Waals surface area (Å²) in [4.78, 5) is 23.7. The van der Waals surface area contributed by atoms with Crippen LogP contribution in [0.5, 0.6) is 0 Å². The second-order valence-corrected chi connectivity index (χ2v) is 12.9. The van der Waals surface area contributed by atoms with Crippen molar-refractivity contribution in [3.8, 4) is 0 Å². The van der Waals surface area contributed by atoms with Crippen LogP contribution in [0.2, 0.25) is 0 Å². The van der Waals surface area contributed by atoms with Crippen molar-refractivity contribution < 1.29 is 29.3 Å². The fourth-order valence-corrected chi connectivity index (χ4v) is 5.63. The number of unbranched alkanes of at least 4 members (excludes halogenated alkanes) is 20. The van der Waals surface area contributed by atoms with Crippen molar-refractivity contribution in [1.29, 1.82) is 0 Å². The van der Waals surface area contributed by atoms with Crippen LogP contribution in [0.4, 0.5) is 0 Å². The van der Waals surface area contributed by atoms with Gasteiger partial charge in [0, 0.05) is 12.8 Å². The van der Waals surface area contributed by atoms with E-state index >= 15 is 0 Å². The normalized spacial score (nSPS) is 12.7. The highest BCUT2D eigenvalue weighted by Crippen LogP contribution is 2.16. The van der Waals surface area contributed by atoms with Crippen LogP contribution in [0, 0.1) is 0 Å². The van der Waals surface area contributed by atoms with Crippen molar-refractivity contribution in [1.82, 2.24) is 0 Å². The lowest BCUT2D eigenvalue weighted by Crippen LogP contribution is -2.12. The summed E-state index contributed by atoms with van der Waals surface area (Å²) in [7, 11) is 0. The lowest BCUT2D eigenvalue weighted by atomic mass is 10.0. The number of hydrogen-bond donors (Lipinski definition) is 2. The van der Waals surface area contributed by atoms with Crippen LogP contribution in [0.25, 0.3) is 0 Å². The molecule has 6 nitrogen and oxygen atoms in total. The Morgan fingerprint density at radius 1 is 0.419 bits per heavy atom. The van der Waals surface area contributed by atoms with Crippen molar-refractivity contribution in [2.24, 2.45) is 0 Å². The molecule has 43 heavy (non-hydrogen) atoms. The van der Waals surface area contributed by atoms with E-state index in [0.29, 0.717) is 12.8 Å². The molecule has 0 amide bonds. The quantitative estimate of drug-likeness (QED) is 0.0426. The predicted molar refractivity (Wildman–Crippen MR) is 179 cm³/mol. The van der Waals surface area contributed by atoms with Crippen molar-refractivity contribution in [3.05, 3.63) is 0 Å². The molecule has 0 aromatic rings. The molecular formula is C37H72O6. The van der Waals surface area contributed by atoms with Crippen LogP contribution >= 0.6 is 0 Å². The molecule has 2 atom stereocenters. The highest BCUT2D eigenvalue weighted by molar-refractivity contribution is 5.70. The first-order valence-corrected chi connectivity index (χ1v) is 18.7. The van der Waals surface area contributed by atoms with Gasteiger partial charge in [-0.2, -0.15) is 0 Å². The third-order valence-electron chi connectivity index (χ3n) is 8.56.